The molecule has 0 saturated carbocycles. The molecule has 0 bridgehead atoms. The molecule has 0 aliphatic heterocycles. The highest BCUT2D eigenvalue weighted by atomic mass is 35.7. The second-order valence-corrected chi connectivity index (χ2v) is 6.68. The lowest BCUT2D eigenvalue weighted by Gasteiger charge is -2.09. The van der Waals surface area contributed by atoms with Gasteiger partial charge in [0.15, 0.2) is 11.6 Å². The normalized spacial score (nSPS) is 11.4. The maximum Gasteiger partial charge on any atom is 0.261 e. The van der Waals surface area contributed by atoms with Crippen molar-refractivity contribution in [3.63, 3.8) is 0 Å². The first-order chi connectivity index (χ1) is 9.27. The first-order valence-electron chi connectivity index (χ1n) is 5.14. The van der Waals surface area contributed by atoms with Crippen molar-refractivity contribution in [2.45, 2.75) is 4.90 Å². The number of halogens is 4. The summed E-state index contributed by atoms with van der Waals surface area (Å²) in [7, 11) is 1.22. The summed E-state index contributed by atoms with van der Waals surface area (Å²) in [5, 5.41) is -0.101. The van der Waals surface area contributed by atoms with Gasteiger partial charge in [-0.05, 0) is 30.3 Å². The molecule has 0 fully saturated rings. The lowest BCUT2D eigenvalue weighted by atomic mass is 10.3. The molecule has 20 heavy (non-hydrogen) atoms. The average Bonchev–Trinajstić information content (AvgIpc) is 2.35. The Morgan fingerprint density at radius 1 is 1.00 bits per heavy atom. The van der Waals surface area contributed by atoms with E-state index in [1.54, 1.807) is 0 Å². The Hall–Kier alpha value is -1.37. The fourth-order valence-corrected chi connectivity index (χ4v) is 2.45. The Labute approximate surface area is 123 Å². The van der Waals surface area contributed by atoms with Gasteiger partial charge in [0.2, 0.25) is 0 Å². The maximum atomic E-state index is 13.4. The Bertz CT molecular complexity index is 763. The third kappa shape index (κ3) is 3.39. The second kappa shape index (κ2) is 5.55. The van der Waals surface area contributed by atoms with Crippen molar-refractivity contribution < 1.29 is 21.9 Å². The zero-order valence-electron chi connectivity index (χ0n) is 9.61. The number of hydrogen-bond acceptors (Lipinski definition) is 3. The minimum atomic E-state index is -3.93. The molecule has 0 unspecified atom stereocenters. The van der Waals surface area contributed by atoms with Crippen molar-refractivity contribution in [3.8, 4) is 11.5 Å². The summed E-state index contributed by atoms with van der Waals surface area (Å²) >= 11 is 5.81. The monoisotopic (exact) mass is 338 g/mol. The zero-order chi connectivity index (χ0) is 14.9. The Kier molecular flexibility index (Phi) is 4.17. The fraction of sp³-hybridized carbons (Fsp3) is 0. The van der Waals surface area contributed by atoms with Gasteiger partial charge < -0.3 is 4.74 Å². The summed E-state index contributed by atoms with van der Waals surface area (Å²) in [6.07, 6.45) is 0. The molecule has 2 aromatic carbocycles. The van der Waals surface area contributed by atoms with Gasteiger partial charge in [0.1, 0.15) is 11.6 Å². The van der Waals surface area contributed by atoms with Crippen molar-refractivity contribution in [3.05, 3.63) is 53.1 Å². The molecule has 0 amide bonds. The maximum absolute atomic E-state index is 13.4. The molecule has 0 spiro atoms. The molecular weight excluding hydrogens is 333 g/mol. The van der Waals surface area contributed by atoms with Gasteiger partial charge >= 0.3 is 0 Å². The quantitative estimate of drug-likeness (QED) is 0.782. The van der Waals surface area contributed by atoms with E-state index in [9.17, 15) is 17.2 Å². The van der Waals surface area contributed by atoms with Crippen LogP contribution >= 0.6 is 22.3 Å². The summed E-state index contributed by atoms with van der Waals surface area (Å²) in [4.78, 5) is -0.226. The van der Waals surface area contributed by atoms with E-state index in [0.29, 0.717) is 0 Å². The van der Waals surface area contributed by atoms with Gasteiger partial charge in [0.25, 0.3) is 9.05 Å². The topological polar surface area (TPSA) is 43.4 Å². The molecule has 0 saturated heterocycles. The van der Waals surface area contributed by atoms with Crippen LogP contribution in [0.2, 0.25) is 5.02 Å². The molecule has 8 heteroatoms. The van der Waals surface area contributed by atoms with Crippen molar-refractivity contribution in [2.24, 2.45) is 0 Å². The van der Waals surface area contributed by atoms with Crippen molar-refractivity contribution in [2.75, 3.05) is 0 Å². The molecule has 0 aliphatic carbocycles. The molecule has 2 rings (SSSR count). The van der Waals surface area contributed by atoms with Crippen LogP contribution in [-0.4, -0.2) is 8.42 Å². The molecule has 106 valence electrons. The Morgan fingerprint density at radius 2 is 1.70 bits per heavy atom. The van der Waals surface area contributed by atoms with E-state index in [4.69, 9.17) is 27.0 Å². The summed E-state index contributed by atoms with van der Waals surface area (Å²) in [5.74, 6) is -1.86. The third-order valence-corrected chi connectivity index (χ3v) is 3.94. The Balaban J connectivity index is 2.38. The standard InChI is InChI=1S/C12H6Cl2F2O3S/c13-9-6-8(20(14,17)18)2-4-11(9)19-12-5-7(15)1-3-10(12)16/h1-6H. The molecule has 0 aromatic heterocycles. The summed E-state index contributed by atoms with van der Waals surface area (Å²) in [5.41, 5.74) is 0. The molecule has 0 radical (unpaired) electrons. The molecule has 2 aromatic rings. The van der Waals surface area contributed by atoms with Crippen LogP contribution in [-0.2, 0) is 9.05 Å². The molecule has 0 atom stereocenters. The second-order valence-electron chi connectivity index (χ2n) is 3.71. The molecule has 0 N–H and O–H groups in total. The highest BCUT2D eigenvalue weighted by molar-refractivity contribution is 8.13. The fourth-order valence-electron chi connectivity index (χ4n) is 1.39. The van der Waals surface area contributed by atoms with Gasteiger partial charge in [0.05, 0.1) is 9.92 Å². The zero-order valence-corrected chi connectivity index (χ0v) is 11.9. The molecule has 3 nitrogen and oxygen atoms in total. The highest BCUT2D eigenvalue weighted by Gasteiger charge is 2.14. The van der Waals surface area contributed by atoms with Crippen LogP contribution in [0.5, 0.6) is 11.5 Å². The third-order valence-electron chi connectivity index (χ3n) is 2.30. The van der Waals surface area contributed by atoms with Gasteiger partial charge in [-0.25, -0.2) is 17.2 Å². The van der Waals surface area contributed by atoms with Crippen molar-refractivity contribution >= 4 is 31.3 Å². The van der Waals surface area contributed by atoms with E-state index in [2.05, 4.69) is 0 Å². The van der Waals surface area contributed by atoms with Crippen LogP contribution in [0.3, 0.4) is 0 Å². The van der Waals surface area contributed by atoms with Gasteiger partial charge in [-0.3, -0.25) is 0 Å². The number of ether oxygens (including phenoxy) is 1. The van der Waals surface area contributed by atoms with Crippen LogP contribution in [0.1, 0.15) is 0 Å². The minimum Gasteiger partial charge on any atom is -0.453 e. The van der Waals surface area contributed by atoms with Crippen LogP contribution in [0.15, 0.2) is 41.3 Å². The number of benzene rings is 2. The van der Waals surface area contributed by atoms with E-state index in [1.807, 2.05) is 0 Å². The Morgan fingerprint density at radius 3 is 2.30 bits per heavy atom. The van der Waals surface area contributed by atoms with Gasteiger partial charge in [-0.2, -0.15) is 0 Å². The van der Waals surface area contributed by atoms with Gasteiger partial charge in [-0.15, -0.1) is 0 Å². The SMILES string of the molecule is O=S(=O)(Cl)c1ccc(Oc2cc(F)ccc2F)c(Cl)c1. The molecule has 0 heterocycles. The van der Waals surface area contributed by atoms with Crippen molar-refractivity contribution in [1.29, 1.82) is 0 Å². The first-order valence-corrected chi connectivity index (χ1v) is 7.83. The van der Waals surface area contributed by atoms with E-state index in [-0.39, 0.29) is 21.4 Å². The summed E-state index contributed by atoms with van der Waals surface area (Å²) in [6, 6.07) is 6.07. The summed E-state index contributed by atoms with van der Waals surface area (Å²) in [6.45, 7) is 0. The smallest absolute Gasteiger partial charge is 0.261 e. The summed E-state index contributed by atoms with van der Waals surface area (Å²) < 4.78 is 53.7. The number of rotatable bonds is 3. The largest absolute Gasteiger partial charge is 0.453 e. The van der Waals surface area contributed by atoms with Gasteiger partial charge in [-0.1, -0.05) is 11.6 Å². The van der Waals surface area contributed by atoms with Crippen LogP contribution in [0, 0.1) is 11.6 Å². The molecular formula is C12H6Cl2F2O3S. The van der Waals surface area contributed by atoms with E-state index >= 15 is 0 Å². The van der Waals surface area contributed by atoms with Crippen LogP contribution in [0.25, 0.3) is 0 Å². The minimum absolute atomic E-state index is 0.0276. The van der Waals surface area contributed by atoms with Crippen LogP contribution in [0.4, 0.5) is 8.78 Å². The highest BCUT2D eigenvalue weighted by Crippen LogP contribution is 2.33. The predicted molar refractivity (Wildman–Crippen MR) is 70.9 cm³/mol. The number of hydrogen-bond donors (Lipinski definition) is 0. The first kappa shape index (κ1) is 15.0. The van der Waals surface area contributed by atoms with Crippen molar-refractivity contribution in [1.82, 2.24) is 0 Å². The van der Waals surface area contributed by atoms with Crippen LogP contribution < -0.4 is 4.74 Å². The molecule has 0 aliphatic rings. The lowest BCUT2D eigenvalue weighted by molar-refractivity contribution is 0.436. The lowest BCUT2D eigenvalue weighted by Crippen LogP contribution is -1.93. The predicted octanol–water partition coefficient (Wildman–Crippen LogP) is 4.34. The van der Waals surface area contributed by atoms with E-state index in [1.165, 1.54) is 6.07 Å². The van der Waals surface area contributed by atoms with E-state index < -0.39 is 20.7 Å². The average molecular weight is 339 g/mol. The van der Waals surface area contributed by atoms with E-state index in [0.717, 1.165) is 30.3 Å². The van der Waals surface area contributed by atoms with Gasteiger partial charge in [0, 0.05) is 16.7 Å².